The first-order valence-electron chi connectivity index (χ1n) is 9.91. The topological polar surface area (TPSA) is 56.8 Å². The fourth-order valence-electron chi connectivity index (χ4n) is 3.39. The van der Waals surface area contributed by atoms with Crippen LogP contribution in [-0.4, -0.2) is 20.1 Å². The van der Waals surface area contributed by atoms with Crippen LogP contribution in [0.25, 0.3) is 10.8 Å². The number of amides is 1. The molecule has 1 amide bonds. The van der Waals surface area contributed by atoms with Crippen LogP contribution in [0.15, 0.2) is 84.9 Å². The van der Waals surface area contributed by atoms with E-state index in [1.807, 2.05) is 66.7 Å². The molecule has 0 aliphatic rings. The quantitative estimate of drug-likeness (QED) is 0.423. The van der Waals surface area contributed by atoms with E-state index in [4.69, 9.17) is 14.2 Å². The molecule has 0 fully saturated rings. The summed E-state index contributed by atoms with van der Waals surface area (Å²) in [7, 11) is 3.22. The highest BCUT2D eigenvalue weighted by Crippen LogP contribution is 2.26. The second-order valence-corrected chi connectivity index (χ2v) is 6.97. The van der Waals surface area contributed by atoms with Gasteiger partial charge in [0.1, 0.15) is 23.9 Å². The van der Waals surface area contributed by atoms with E-state index in [2.05, 4.69) is 5.32 Å². The normalized spacial score (nSPS) is 10.5. The van der Waals surface area contributed by atoms with Gasteiger partial charge >= 0.3 is 0 Å². The molecule has 0 aliphatic carbocycles. The number of nitrogens with one attached hydrogen (secondary N) is 1. The predicted octanol–water partition coefficient (Wildman–Crippen LogP) is 5.69. The Morgan fingerprint density at radius 2 is 1.55 bits per heavy atom. The molecule has 0 aromatic heterocycles. The molecule has 0 atom stereocenters. The van der Waals surface area contributed by atoms with Crippen LogP contribution in [0.4, 0.5) is 5.69 Å². The summed E-state index contributed by atoms with van der Waals surface area (Å²) < 4.78 is 16.5. The van der Waals surface area contributed by atoms with Crippen molar-refractivity contribution in [3.05, 3.63) is 96.1 Å². The smallest absolute Gasteiger partial charge is 0.255 e. The van der Waals surface area contributed by atoms with Crippen molar-refractivity contribution in [1.82, 2.24) is 0 Å². The minimum absolute atomic E-state index is 0.190. The van der Waals surface area contributed by atoms with Gasteiger partial charge in [0.15, 0.2) is 0 Å². The number of hydrogen-bond acceptors (Lipinski definition) is 4. The number of anilines is 1. The first-order chi connectivity index (χ1) is 15.2. The van der Waals surface area contributed by atoms with Crippen molar-refractivity contribution >= 4 is 22.4 Å². The minimum Gasteiger partial charge on any atom is -0.497 e. The molecule has 0 unspecified atom stereocenters. The van der Waals surface area contributed by atoms with Crippen LogP contribution >= 0.6 is 0 Å². The van der Waals surface area contributed by atoms with Gasteiger partial charge in [-0.3, -0.25) is 4.79 Å². The summed E-state index contributed by atoms with van der Waals surface area (Å²) in [6.45, 7) is 0.269. The fraction of sp³-hybridized carbons (Fsp3) is 0.115. The van der Waals surface area contributed by atoms with Crippen molar-refractivity contribution < 1.29 is 19.0 Å². The molecular weight excluding hydrogens is 390 g/mol. The fourth-order valence-corrected chi connectivity index (χ4v) is 3.39. The Morgan fingerprint density at radius 3 is 2.32 bits per heavy atom. The standard InChI is InChI=1S/C26H23NO4/c1-29-21-11-13-22(14-12-21)31-17-20-16-19(10-15-25(20)30-2)26(28)27-24-9-5-7-18-6-3-4-8-23(18)24/h3-16H,17H2,1-2H3,(H,27,28). The van der Waals surface area contributed by atoms with Crippen LogP contribution in [0, 0.1) is 0 Å². The first kappa shape index (κ1) is 20.3. The SMILES string of the molecule is COc1ccc(OCc2cc(C(=O)Nc3cccc4ccccc34)ccc2OC)cc1. The lowest BCUT2D eigenvalue weighted by Gasteiger charge is -2.13. The Kier molecular flexibility index (Phi) is 6.03. The maximum absolute atomic E-state index is 12.9. The number of rotatable bonds is 7. The molecule has 31 heavy (non-hydrogen) atoms. The Balaban J connectivity index is 1.53. The van der Waals surface area contributed by atoms with Gasteiger partial charge in [-0.2, -0.15) is 0 Å². The second-order valence-electron chi connectivity index (χ2n) is 6.97. The lowest BCUT2D eigenvalue weighted by molar-refractivity contribution is 0.102. The van der Waals surface area contributed by atoms with Crippen LogP contribution in [0.3, 0.4) is 0 Å². The van der Waals surface area contributed by atoms with Crippen molar-refractivity contribution in [3.8, 4) is 17.2 Å². The van der Waals surface area contributed by atoms with Gasteiger partial charge in [0, 0.05) is 22.2 Å². The average Bonchev–Trinajstić information content (AvgIpc) is 2.83. The van der Waals surface area contributed by atoms with E-state index in [-0.39, 0.29) is 12.5 Å². The highest BCUT2D eigenvalue weighted by Gasteiger charge is 2.12. The van der Waals surface area contributed by atoms with E-state index < -0.39 is 0 Å². The molecule has 5 heteroatoms. The molecule has 0 bridgehead atoms. The van der Waals surface area contributed by atoms with Gasteiger partial charge in [-0.25, -0.2) is 0 Å². The monoisotopic (exact) mass is 413 g/mol. The van der Waals surface area contributed by atoms with E-state index in [9.17, 15) is 4.79 Å². The molecular formula is C26H23NO4. The summed E-state index contributed by atoms with van der Waals surface area (Å²) >= 11 is 0. The van der Waals surface area contributed by atoms with Gasteiger partial charge < -0.3 is 19.5 Å². The Labute approximate surface area is 181 Å². The van der Waals surface area contributed by atoms with Gasteiger partial charge in [0.25, 0.3) is 5.91 Å². The molecule has 0 saturated carbocycles. The zero-order valence-electron chi connectivity index (χ0n) is 17.4. The van der Waals surface area contributed by atoms with E-state index in [1.54, 1.807) is 32.4 Å². The van der Waals surface area contributed by atoms with E-state index in [0.717, 1.165) is 27.8 Å². The van der Waals surface area contributed by atoms with Crippen molar-refractivity contribution in [2.24, 2.45) is 0 Å². The number of hydrogen-bond donors (Lipinski definition) is 1. The van der Waals surface area contributed by atoms with Crippen LogP contribution in [-0.2, 0) is 6.61 Å². The Morgan fingerprint density at radius 1 is 0.806 bits per heavy atom. The van der Waals surface area contributed by atoms with Gasteiger partial charge in [-0.15, -0.1) is 0 Å². The number of methoxy groups -OCH3 is 2. The van der Waals surface area contributed by atoms with Crippen molar-refractivity contribution in [1.29, 1.82) is 0 Å². The second kappa shape index (κ2) is 9.22. The van der Waals surface area contributed by atoms with Crippen molar-refractivity contribution in [2.75, 3.05) is 19.5 Å². The molecule has 4 rings (SSSR count). The zero-order valence-corrected chi connectivity index (χ0v) is 17.4. The number of carbonyl (C=O) groups is 1. The van der Waals surface area contributed by atoms with Crippen LogP contribution in [0.2, 0.25) is 0 Å². The van der Waals surface area contributed by atoms with Gasteiger partial charge in [-0.05, 0) is 53.9 Å². The summed E-state index contributed by atoms with van der Waals surface area (Å²) in [4.78, 5) is 12.9. The Bertz CT molecular complexity index is 1200. The third kappa shape index (κ3) is 4.61. The molecule has 4 aromatic rings. The van der Waals surface area contributed by atoms with Gasteiger partial charge in [-0.1, -0.05) is 36.4 Å². The molecule has 156 valence electrons. The maximum atomic E-state index is 12.9. The third-order valence-corrected chi connectivity index (χ3v) is 5.03. The molecule has 0 heterocycles. The minimum atomic E-state index is -0.190. The lowest BCUT2D eigenvalue weighted by Crippen LogP contribution is -2.13. The van der Waals surface area contributed by atoms with Gasteiger partial charge in [0.2, 0.25) is 0 Å². The maximum Gasteiger partial charge on any atom is 0.255 e. The predicted molar refractivity (Wildman–Crippen MR) is 122 cm³/mol. The number of carbonyl (C=O) groups excluding carboxylic acids is 1. The highest BCUT2D eigenvalue weighted by atomic mass is 16.5. The first-order valence-corrected chi connectivity index (χ1v) is 9.91. The van der Waals surface area contributed by atoms with E-state index >= 15 is 0 Å². The summed E-state index contributed by atoms with van der Waals surface area (Å²) in [5, 5.41) is 5.09. The van der Waals surface area contributed by atoms with E-state index in [1.165, 1.54) is 0 Å². The van der Waals surface area contributed by atoms with Crippen LogP contribution in [0.1, 0.15) is 15.9 Å². The van der Waals surface area contributed by atoms with Crippen LogP contribution in [0.5, 0.6) is 17.2 Å². The summed E-state index contributed by atoms with van der Waals surface area (Å²) in [5.41, 5.74) is 2.08. The molecule has 4 aromatic carbocycles. The summed E-state index contributed by atoms with van der Waals surface area (Å²) in [6.07, 6.45) is 0. The molecule has 0 saturated heterocycles. The van der Waals surface area contributed by atoms with E-state index in [0.29, 0.717) is 17.1 Å². The molecule has 0 radical (unpaired) electrons. The third-order valence-electron chi connectivity index (χ3n) is 5.03. The molecule has 1 N–H and O–H groups in total. The van der Waals surface area contributed by atoms with Crippen molar-refractivity contribution in [2.45, 2.75) is 6.61 Å². The number of fused-ring (bicyclic) bond motifs is 1. The summed E-state index contributed by atoms with van der Waals surface area (Å²) in [5.74, 6) is 1.94. The zero-order chi connectivity index (χ0) is 21.6. The number of ether oxygens (including phenoxy) is 3. The average molecular weight is 413 g/mol. The largest absolute Gasteiger partial charge is 0.497 e. The number of benzene rings is 4. The molecule has 0 aliphatic heterocycles. The molecule has 0 spiro atoms. The highest BCUT2D eigenvalue weighted by molar-refractivity contribution is 6.09. The molecule has 5 nitrogen and oxygen atoms in total. The van der Waals surface area contributed by atoms with Crippen molar-refractivity contribution in [3.63, 3.8) is 0 Å². The van der Waals surface area contributed by atoms with Crippen LogP contribution < -0.4 is 19.5 Å². The Hall–Kier alpha value is -3.99. The lowest BCUT2D eigenvalue weighted by atomic mass is 10.1. The van der Waals surface area contributed by atoms with Gasteiger partial charge in [0.05, 0.1) is 14.2 Å². The summed E-state index contributed by atoms with van der Waals surface area (Å²) in [6, 6.07) is 26.5.